The summed E-state index contributed by atoms with van der Waals surface area (Å²) in [7, 11) is 0. The number of nitrogens with zero attached hydrogens (tertiary/aromatic N) is 2. The second-order valence-corrected chi connectivity index (χ2v) is 9.06. The normalized spacial score (nSPS) is 14.7. The summed E-state index contributed by atoms with van der Waals surface area (Å²) in [6.07, 6.45) is -1.08. The first-order valence-corrected chi connectivity index (χ1v) is 11.5. The van der Waals surface area contributed by atoms with Crippen molar-refractivity contribution < 1.29 is 23.1 Å². The Morgan fingerprint density at radius 2 is 2.00 bits per heavy atom. The minimum absolute atomic E-state index is 0.147. The van der Waals surface area contributed by atoms with E-state index in [9.17, 15) is 27.9 Å². The van der Waals surface area contributed by atoms with Crippen LogP contribution in [-0.2, 0) is 12.7 Å². The van der Waals surface area contributed by atoms with Gasteiger partial charge in [0.1, 0.15) is 5.69 Å². The molecule has 1 aliphatic carbocycles. The van der Waals surface area contributed by atoms with Crippen molar-refractivity contribution in [3.05, 3.63) is 87.6 Å². The molecule has 1 saturated carbocycles. The lowest BCUT2D eigenvalue weighted by Gasteiger charge is -2.16. The van der Waals surface area contributed by atoms with Gasteiger partial charge in [0.25, 0.3) is 11.5 Å². The molecule has 10 heteroatoms. The van der Waals surface area contributed by atoms with Crippen LogP contribution < -0.4 is 10.9 Å². The Kier molecular flexibility index (Phi) is 5.91. The Morgan fingerprint density at radius 3 is 2.69 bits per heavy atom. The summed E-state index contributed by atoms with van der Waals surface area (Å²) in [5.41, 5.74) is 0.335. The molecule has 186 valence electrons. The number of alkyl halides is 3. The van der Waals surface area contributed by atoms with E-state index in [1.54, 1.807) is 24.3 Å². The first-order valence-electron chi connectivity index (χ1n) is 11.5. The number of hydrogen-bond donors (Lipinski definition) is 3. The molecule has 1 fully saturated rings. The number of aliphatic hydroxyl groups is 1. The number of halogens is 3. The molecule has 0 spiro atoms. The highest BCUT2D eigenvalue weighted by atomic mass is 19.4. The van der Waals surface area contributed by atoms with E-state index in [0.29, 0.717) is 16.5 Å². The van der Waals surface area contributed by atoms with Crippen molar-refractivity contribution in [2.75, 3.05) is 0 Å². The molecule has 7 nitrogen and oxygen atoms in total. The number of carbonyl (C=O) groups excluding carboxylic acids is 1. The van der Waals surface area contributed by atoms with Crippen LogP contribution >= 0.6 is 0 Å². The number of rotatable bonds is 6. The number of fused-ring (bicyclic) bond motifs is 1. The zero-order valence-corrected chi connectivity index (χ0v) is 19.3. The molecule has 2 heterocycles. The average molecular weight is 496 g/mol. The predicted octanol–water partition coefficient (Wildman–Crippen LogP) is 4.40. The smallest absolute Gasteiger partial charge is 0.389 e. The molecule has 3 N–H and O–H groups in total. The van der Waals surface area contributed by atoms with Gasteiger partial charge in [0.05, 0.1) is 18.8 Å². The number of nitrogens with one attached hydrogen (secondary N) is 2. The molecule has 0 aliphatic heterocycles. The number of pyridine rings is 1. The van der Waals surface area contributed by atoms with Gasteiger partial charge in [-0.1, -0.05) is 18.2 Å². The van der Waals surface area contributed by atoms with Gasteiger partial charge in [0.15, 0.2) is 0 Å². The quantitative estimate of drug-likeness (QED) is 0.368. The summed E-state index contributed by atoms with van der Waals surface area (Å²) in [6.45, 7) is 1.68. The number of aromatic amines is 1. The third-order valence-corrected chi connectivity index (χ3v) is 6.26. The maximum absolute atomic E-state index is 13.4. The lowest BCUT2D eigenvalue weighted by molar-refractivity contribution is -0.140. The summed E-state index contributed by atoms with van der Waals surface area (Å²) in [5, 5.41) is 19.5. The van der Waals surface area contributed by atoms with Gasteiger partial charge in [-0.3, -0.25) is 14.7 Å². The van der Waals surface area contributed by atoms with E-state index in [1.165, 1.54) is 35.9 Å². The van der Waals surface area contributed by atoms with E-state index in [-0.39, 0.29) is 40.6 Å². The van der Waals surface area contributed by atoms with E-state index in [4.69, 9.17) is 0 Å². The summed E-state index contributed by atoms with van der Waals surface area (Å²) < 4.78 is 41.5. The molecule has 1 aliphatic rings. The largest absolute Gasteiger partial charge is 0.433 e. The lowest BCUT2D eigenvalue weighted by atomic mass is 9.98. The zero-order valence-electron chi connectivity index (χ0n) is 19.3. The third kappa shape index (κ3) is 4.64. The van der Waals surface area contributed by atoms with Gasteiger partial charge in [-0.25, -0.2) is 0 Å². The van der Waals surface area contributed by atoms with Crippen LogP contribution in [-0.4, -0.2) is 31.8 Å². The topological polar surface area (TPSA) is 100 Å². The van der Waals surface area contributed by atoms with Crippen LogP contribution in [0.3, 0.4) is 0 Å². The van der Waals surface area contributed by atoms with Crippen molar-refractivity contribution >= 4 is 16.7 Å². The van der Waals surface area contributed by atoms with Crippen LogP contribution in [0.5, 0.6) is 0 Å². The Hall–Kier alpha value is -3.92. The molecule has 0 radical (unpaired) electrons. The third-order valence-electron chi connectivity index (χ3n) is 6.26. The van der Waals surface area contributed by atoms with Crippen molar-refractivity contribution in [2.24, 2.45) is 0 Å². The van der Waals surface area contributed by atoms with E-state index >= 15 is 0 Å². The molecular formula is C26H23F3N4O3. The van der Waals surface area contributed by atoms with Crippen molar-refractivity contribution in [2.45, 2.75) is 44.6 Å². The van der Waals surface area contributed by atoms with Crippen molar-refractivity contribution in [3.63, 3.8) is 0 Å². The molecule has 2 aromatic heterocycles. The average Bonchev–Trinajstić information content (AvgIpc) is 3.49. The Bertz CT molecular complexity index is 1520. The first-order chi connectivity index (χ1) is 17.1. The van der Waals surface area contributed by atoms with E-state index in [2.05, 4.69) is 10.4 Å². The van der Waals surface area contributed by atoms with Crippen LogP contribution in [0.25, 0.3) is 21.9 Å². The van der Waals surface area contributed by atoms with Crippen LogP contribution in [0.2, 0.25) is 0 Å². The Balaban J connectivity index is 1.54. The zero-order chi connectivity index (χ0) is 25.6. The number of aliphatic hydroxyl groups excluding tert-OH is 1. The van der Waals surface area contributed by atoms with Gasteiger partial charge in [-0.2, -0.15) is 18.3 Å². The number of H-pyrrole nitrogens is 1. The van der Waals surface area contributed by atoms with Gasteiger partial charge in [0.2, 0.25) is 0 Å². The highest BCUT2D eigenvalue weighted by Gasteiger charge is 2.36. The van der Waals surface area contributed by atoms with Gasteiger partial charge in [0, 0.05) is 34.3 Å². The monoisotopic (exact) mass is 496 g/mol. The summed E-state index contributed by atoms with van der Waals surface area (Å²) in [5.74, 6) is -0.167. The highest BCUT2D eigenvalue weighted by molar-refractivity contribution is 5.94. The Morgan fingerprint density at radius 1 is 1.22 bits per heavy atom. The molecule has 36 heavy (non-hydrogen) atoms. The van der Waals surface area contributed by atoms with Crippen molar-refractivity contribution in [1.82, 2.24) is 20.1 Å². The minimum Gasteiger partial charge on any atom is -0.389 e. The van der Waals surface area contributed by atoms with Gasteiger partial charge in [-0.05, 0) is 60.5 Å². The number of amides is 1. The predicted molar refractivity (Wildman–Crippen MR) is 127 cm³/mol. The van der Waals surface area contributed by atoms with Crippen LogP contribution in [0, 0.1) is 0 Å². The fourth-order valence-corrected chi connectivity index (χ4v) is 4.26. The fourth-order valence-electron chi connectivity index (χ4n) is 4.26. The van der Waals surface area contributed by atoms with Crippen molar-refractivity contribution in [3.8, 4) is 11.1 Å². The highest BCUT2D eigenvalue weighted by Crippen LogP contribution is 2.36. The molecule has 2 aromatic carbocycles. The van der Waals surface area contributed by atoms with Crippen LogP contribution in [0.4, 0.5) is 13.2 Å². The number of carbonyl (C=O) groups is 1. The molecule has 0 saturated heterocycles. The van der Waals surface area contributed by atoms with Crippen LogP contribution in [0.1, 0.15) is 53.0 Å². The minimum atomic E-state index is -4.62. The lowest BCUT2D eigenvalue weighted by Crippen LogP contribution is -2.25. The standard InChI is InChI=1S/C26H23F3N4O3/c1-14(34)22-13-33(12-15-3-2-4-17(9-15)24(35)31-18-6-7-18)25(36)19-8-5-16(10-20(19)22)21-11-30-32-23(21)26(27,28)29/h2-5,8-11,13-14,18,34H,6-7,12H2,1H3,(H,30,32)(H,31,35). The molecular weight excluding hydrogens is 473 g/mol. The van der Waals surface area contributed by atoms with E-state index in [0.717, 1.165) is 24.6 Å². The maximum Gasteiger partial charge on any atom is 0.433 e. The van der Waals surface area contributed by atoms with E-state index < -0.39 is 18.0 Å². The number of benzene rings is 2. The number of hydrogen-bond acceptors (Lipinski definition) is 4. The molecule has 4 aromatic rings. The fraction of sp³-hybridized carbons (Fsp3) is 0.269. The van der Waals surface area contributed by atoms with Gasteiger partial charge < -0.3 is 15.0 Å². The molecule has 1 unspecified atom stereocenters. The van der Waals surface area contributed by atoms with Crippen LogP contribution in [0.15, 0.2) is 59.7 Å². The van der Waals surface area contributed by atoms with E-state index in [1.807, 2.05) is 5.10 Å². The second kappa shape index (κ2) is 8.94. The number of aromatic nitrogens is 3. The first kappa shape index (κ1) is 23.8. The molecule has 5 rings (SSSR count). The molecule has 0 bridgehead atoms. The summed E-state index contributed by atoms with van der Waals surface area (Å²) in [6, 6.07) is 11.5. The van der Waals surface area contributed by atoms with Crippen molar-refractivity contribution in [1.29, 1.82) is 0 Å². The molecule has 1 amide bonds. The second-order valence-electron chi connectivity index (χ2n) is 9.06. The maximum atomic E-state index is 13.4. The molecule has 1 atom stereocenters. The van der Waals surface area contributed by atoms with Gasteiger partial charge in [-0.15, -0.1) is 0 Å². The SMILES string of the molecule is CC(O)c1cn(Cc2cccc(C(=O)NC3CC3)c2)c(=O)c2ccc(-c3cn[nH]c3C(F)(F)F)cc12. The summed E-state index contributed by atoms with van der Waals surface area (Å²) in [4.78, 5) is 25.7. The summed E-state index contributed by atoms with van der Waals surface area (Å²) >= 11 is 0. The Labute approximate surface area is 203 Å². The van der Waals surface area contributed by atoms with Gasteiger partial charge >= 0.3 is 6.18 Å².